The maximum atomic E-state index is 9.06. The lowest BCUT2D eigenvalue weighted by atomic mass is 9.80. The third-order valence-corrected chi connectivity index (χ3v) is 15.0. The molecule has 0 aliphatic carbocycles. The molecule has 9 heteroatoms. The van der Waals surface area contributed by atoms with Gasteiger partial charge in [-0.3, -0.25) is 0 Å². The molecule has 3 rings (SSSR count). The Bertz CT molecular complexity index is 1600. The molecule has 0 spiro atoms. The van der Waals surface area contributed by atoms with Crippen LogP contribution in [-0.2, 0) is 19.4 Å². The van der Waals surface area contributed by atoms with E-state index < -0.39 is 14.1 Å². The molecule has 0 saturated carbocycles. The van der Waals surface area contributed by atoms with Crippen LogP contribution in [-0.4, -0.2) is 75.3 Å². The van der Waals surface area contributed by atoms with E-state index in [-0.39, 0.29) is 0 Å². The molecular formula is C58H94N3O5P. The Morgan fingerprint density at radius 1 is 0.493 bits per heavy atom. The van der Waals surface area contributed by atoms with Gasteiger partial charge in [0.2, 0.25) is 0 Å². The number of unbranched alkanes of at least 4 members (excludes halogenated alkanes) is 19. The van der Waals surface area contributed by atoms with Crippen molar-refractivity contribution in [1.29, 1.82) is 5.26 Å². The Morgan fingerprint density at radius 2 is 0.881 bits per heavy atom. The maximum Gasteiger partial charge on any atom is 0.259 e. The normalized spacial score (nSPS) is 12.4. The van der Waals surface area contributed by atoms with Crippen LogP contribution in [0.1, 0.15) is 199 Å². The van der Waals surface area contributed by atoms with Crippen molar-refractivity contribution in [2.75, 3.05) is 53.7 Å². The van der Waals surface area contributed by atoms with E-state index in [1.165, 1.54) is 135 Å². The first-order chi connectivity index (χ1) is 32.8. The molecule has 0 saturated heterocycles. The van der Waals surface area contributed by atoms with Crippen molar-refractivity contribution in [1.82, 2.24) is 9.57 Å². The summed E-state index contributed by atoms with van der Waals surface area (Å²) in [7, 11) is 2.25. The zero-order chi connectivity index (χ0) is 48.2. The summed E-state index contributed by atoms with van der Waals surface area (Å²) in [5.74, 6) is 1.65. The van der Waals surface area contributed by atoms with E-state index in [4.69, 9.17) is 28.5 Å². The second-order valence-corrected chi connectivity index (χ2v) is 20.5. The average Bonchev–Trinajstić information content (AvgIpc) is 3.34. The molecule has 8 nitrogen and oxygen atoms in total. The molecule has 0 amide bonds. The van der Waals surface area contributed by atoms with Crippen molar-refractivity contribution in [2.24, 2.45) is 0 Å². The van der Waals surface area contributed by atoms with Gasteiger partial charge in [0, 0.05) is 18.7 Å². The van der Waals surface area contributed by atoms with E-state index in [1.54, 1.807) is 14.2 Å². The maximum absolute atomic E-state index is 9.06. The SMILES string of the molecule is CCCCCCCCCCCCCCCCN(CCCCCCOP(OCCC#N)N(C(C)C)C(C)C)CCCCCCOC(c1ccccc1)(c1ccc(OC)cc1)c1ccc(OC)cc1. The summed E-state index contributed by atoms with van der Waals surface area (Å²) >= 11 is 0. The monoisotopic (exact) mass is 944 g/mol. The zero-order valence-electron chi connectivity index (χ0n) is 43.5. The summed E-state index contributed by atoms with van der Waals surface area (Å²) in [6.07, 6.45) is 29.1. The van der Waals surface area contributed by atoms with E-state index in [9.17, 15) is 0 Å². The Morgan fingerprint density at radius 3 is 1.30 bits per heavy atom. The lowest BCUT2D eigenvalue weighted by Gasteiger charge is -2.36. The third-order valence-electron chi connectivity index (χ3n) is 12.9. The van der Waals surface area contributed by atoms with Crippen LogP contribution in [0.15, 0.2) is 78.9 Å². The molecule has 3 aromatic carbocycles. The van der Waals surface area contributed by atoms with Gasteiger partial charge in [-0.15, -0.1) is 0 Å². The smallest absolute Gasteiger partial charge is 0.259 e. The van der Waals surface area contributed by atoms with Gasteiger partial charge in [0.05, 0.1) is 39.9 Å². The highest BCUT2D eigenvalue weighted by Gasteiger charge is 2.37. The summed E-state index contributed by atoms with van der Waals surface area (Å²) in [5.41, 5.74) is 2.48. The highest BCUT2D eigenvalue weighted by atomic mass is 31.2. The van der Waals surface area contributed by atoms with Gasteiger partial charge >= 0.3 is 0 Å². The fourth-order valence-corrected chi connectivity index (χ4v) is 10.8. The summed E-state index contributed by atoms with van der Waals surface area (Å²) in [4.78, 5) is 2.76. The van der Waals surface area contributed by atoms with Crippen LogP contribution < -0.4 is 9.47 Å². The number of nitrogens with zero attached hydrogens (tertiary/aromatic N) is 3. The number of hydrogen-bond acceptors (Lipinski definition) is 8. The molecule has 0 radical (unpaired) electrons. The molecule has 3 aromatic rings. The molecule has 0 aliphatic rings. The highest BCUT2D eigenvalue weighted by molar-refractivity contribution is 7.44. The predicted octanol–water partition coefficient (Wildman–Crippen LogP) is 16.2. The first kappa shape index (κ1) is 58.3. The largest absolute Gasteiger partial charge is 0.497 e. The molecule has 67 heavy (non-hydrogen) atoms. The van der Waals surface area contributed by atoms with E-state index in [0.29, 0.717) is 38.3 Å². The van der Waals surface area contributed by atoms with Gasteiger partial charge in [-0.25, -0.2) is 4.67 Å². The summed E-state index contributed by atoms with van der Waals surface area (Å²) in [6, 6.07) is 30.1. The Hall–Kier alpha value is -3.02. The van der Waals surface area contributed by atoms with Gasteiger partial charge in [-0.1, -0.05) is 171 Å². The summed E-state index contributed by atoms with van der Waals surface area (Å²) in [6.45, 7) is 16.4. The van der Waals surface area contributed by atoms with Crippen molar-refractivity contribution in [3.05, 3.63) is 95.6 Å². The van der Waals surface area contributed by atoms with Crippen LogP contribution in [0.5, 0.6) is 11.5 Å². The van der Waals surface area contributed by atoms with E-state index in [1.807, 2.05) is 24.3 Å². The van der Waals surface area contributed by atoms with Crippen LogP contribution in [0.2, 0.25) is 0 Å². The van der Waals surface area contributed by atoms with E-state index in [0.717, 1.165) is 53.9 Å². The van der Waals surface area contributed by atoms with Gasteiger partial charge in [-0.05, 0) is 120 Å². The summed E-state index contributed by atoms with van der Waals surface area (Å²) < 4.78 is 33.0. The molecule has 0 aliphatic heterocycles. The fraction of sp³-hybridized carbons (Fsp3) is 0.672. The standard InChI is InChI=1S/C58H94N3O5P/c1-8-9-10-11-12-13-14-15-16-17-18-19-20-28-45-60(47-30-22-24-32-49-65-67(66-50-33-44-59)61(51(2)3)52(4)5)46-29-21-23-31-48-64-58(53-34-26-25-27-35-53,54-36-40-56(62-6)41-37-54)55-38-42-57(63-7)43-39-55/h25-27,34-43,51-52H,8-24,28-33,45-50H2,1-7H3. The van der Waals surface area contributed by atoms with Crippen molar-refractivity contribution in [3.8, 4) is 17.6 Å². The van der Waals surface area contributed by atoms with E-state index in [2.05, 4.69) is 105 Å². The Kier molecular flexibility index (Phi) is 32.1. The minimum absolute atomic E-state index is 0.321. The van der Waals surface area contributed by atoms with Crippen LogP contribution in [0.4, 0.5) is 0 Å². The minimum Gasteiger partial charge on any atom is -0.497 e. The van der Waals surface area contributed by atoms with Crippen LogP contribution >= 0.6 is 8.53 Å². The number of benzene rings is 3. The molecule has 0 aromatic heterocycles. The van der Waals surface area contributed by atoms with Gasteiger partial charge < -0.3 is 28.2 Å². The molecule has 0 bridgehead atoms. The number of rotatable bonds is 42. The number of methoxy groups -OCH3 is 2. The van der Waals surface area contributed by atoms with Crippen LogP contribution in [0.3, 0.4) is 0 Å². The molecule has 0 N–H and O–H groups in total. The number of ether oxygens (including phenoxy) is 3. The topological polar surface area (TPSA) is 76.4 Å². The van der Waals surface area contributed by atoms with Gasteiger partial charge in [0.1, 0.15) is 17.1 Å². The molecule has 0 fully saturated rings. The summed E-state index contributed by atoms with van der Waals surface area (Å²) in [5, 5.41) is 9.06. The van der Waals surface area contributed by atoms with Crippen molar-refractivity contribution < 1.29 is 23.3 Å². The molecule has 1 atom stereocenters. The second-order valence-electron chi connectivity index (χ2n) is 19.0. The zero-order valence-corrected chi connectivity index (χ0v) is 44.4. The van der Waals surface area contributed by atoms with E-state index >= 15 is 0 Å². The Labute approximate surface area is 411 Å². The fourth-order valence-electron chi connectivity index (χ4n) is 9.20. The lowest BCUT2D eigenvalue weighted by Crippen LogP contribution is -2.33. The first-order valence-corrected chi connectivity index (χ1v) is 27.9. The minimum atomic E-state index is -1.17. The quantitative estimate of drug-likeness (QED) is 0.0316. The highest BCUT2D eigenvalue weighted by Crippen LogP contribution is 2.46. The van der Waals surface area contributed by atoms with Gasteiger partial charge in [0.15, 0.2) is 0 Å². The molecule has 1 unspecified atom stereocenters. The number of nitriles is 1. The predicted molar refractivity (Wildman–Crippen MR) is 283 cm³/mol. The van der Waals surface area contributed by atoms with Gasteiger partial charge in [0.25, 0.3) is 8.53 Å². The van der Waals surface area contributed by atoms with Crippen molar-refractivity contribution in [3.63, 3.8) is 0 Å². The molecular weight excluding hydrogens is 850 g/mol. The third kappa shape index (κ3) is 23.0. The average molecular weight is 944 g/mol. The number of hydrogen-bond donors (Lipinski definition) is 0. The van der Waals surface area contributed by atoms with Gasteiger partial charge in [-0.2, -0.15) is 5.26 Å². The lowest BCUT2D eigenvalue weighted by molar-refractivity contribution is 0.0105. The Balaban J connectivity index is 1.51. The molecule has 0 heterocycles. The van der Waals surface area contributed by atoms with Crippen LogP contribution in [0, 0.1) is 11.3 Å². The molecule has 376 valence electrons. The first-order valence-electron chi connectivity index (χ1n) is 26.7. The van der Waals surface area contributed by atoms with Crippen molar-refractivity contribution >= 4 is 8.53 Å². The van der Waals surface area contributed by atoms with Crippen molar-refractivity contribution in [2.45, 2.75) is 200 Å². The second kappa shape index (κ2) is 36.9. The van der Waals surface area contributed by atoms with Crippen LogP contribution in [0.25, 0.3) is 0 Å².